The summed E-state index contributed by atoms with van der Waals surface area (Å²) in [4.78, 5) is 27.9. The van der Waals surface area contributed by atoms with Crippen molar-refractivity contribution in [1.29, 1.82) is 0 Å². The predicted molar refractivity (Wildman–Crippen MR) is 153 cm³/mol. The number of nitrogens with zero attached hydrogens (tertiary/aromatic N) is 2. The molecule has 0 radical (unpaired) electrons. The van der Waals surface area contributed by atoms with Gasteiger partial charge in [0.1, 0.15) is 24.2 Å². The van der Waals surface area contributed by atoms with Gasteiger partial charge in [-0.2, -0.15) is 0 Å². The number of amides is 2. The smallest absolute Gasteiger partial charge is 0.264 e. The van der Waals surface area contributed by atoms with Gasteiger partial charge in [-0.25, -0.2) is 12.8 Å². The van der Waals surface area contributed by atoms with Crippen LogP contribution in [-0.2, 0) is 26.2 Å². The fourth-order valence-electron chi connectivity index (χ4n) is 3.95. The minimum Gasteiger partial charge on any atom is -0.494 e. The van der Waals surface area contributed by atoms with Gasteiger partial charge in [-0.1, -0.05) is 30.7 Å². The van der Waals surface area contributed by atoms with Crippen LogP contribution in [0.25, 0.3) is 0 Å². The highest BCUT2D eigenvalue weighted by Crippen LogP contribution is 2.27. The zero-order chi connectivity index (χ0) is 29.3. The Labute approximate surface area is 239 Å². The molecular weight excluding hydrogens is 557 g/mol. The molecule has 0 aliphatic heterocycles. The second kappa shape index (κ2) is 14.1. The molecule has 0 heterocycles. The fraction of sp³-hybridized carbons (Fsp3) is 0.310. The van der Waals surface area contributed by atoms with Crippen molar-refractivity contribution in [3.8, 4) is 5.75 Å². The van der Waals surface area contributed by atoms with E-state index in [1.807, 2.05) is 13.8 Å². The average Bonchev–Trinajstić information content (AvgIpc) is 2.93. The predicted octanol–water partition coefficient (Wildman–Crippen LogP) is 5.02. The van der Waals surface area contributed by atoms with Crippen molar-refractivity contribution in [2.24, 2.45) is 0 Å². The van der Waals surface area contributed by atoms with Crippen LogP contribution in [0.15, 0.2) is 77.7 Å². The third-order valence-corrected chi connectivity index (χ3v) is 8.10. The zero-order valence-corrected chi connectivity index (χ0v) is 24.2. The number of rotatable bonds is 13. The molecule has 1 N–H and O–H groups in total. The first-order valence-electron chi connectivity index (χ1n) is 12.9. The third kappa shape index (κ3) is 7.95. The van der Waals surface area contributed by atoms with E-state index in [9.17, 15) is 22.4 Å². The van der Waals surface area contributed by atoms with Gasteiger partial charge >= 0.3 is 0 Å². The van der Waals surface area contributed by atoms with Crippen molar-refractivity contribution in [3.05, 3.63) is 89.2 Å². The van der Waals surface area contributed by atoms with Crippen LogP contribution < -0.4 is 14.4 Å². The highest BCUT2D eigenvalue weighted by molar-refractivity contribution is 7.92. The molecule has 3 aromatic carbocycles. The minimum absolute atomic E-state index is 0.0216. The molecule has 0 bridgehead atoms. The van der Waals surface area contributed by atoms with Crippen LogP contribution in [0.2, 0.25) is 5.02 Å². The summed E-state index contributed by atoms with van der Waals surface area (Å²) in [6.45, 7) is 5.58. The standard InChI is InChI=1S/C29H33ClFN3O5S/c1-4-17-32-29(36)21(3)33(19-22-7-6-8-23(30)18-22)28(35)20-34(25-11-13-26(14-12-25)39-5-2)40(37,38)27-15-9-24(31)10-16-27/h6-16,18,21H,4-5,17,19-20H2,1-3H3,(H,32,36)/t21-/m0/s1. The van der Waals surface area contributed by atoms with Gasteiger partial charge in [0.15, 0.2) is 0 Å². The van der Waals surface area contributed by atoms with Crippen LogP contribution in [0, 0.1) is 5.82 Å². The van der Waals surface area contributed by atoms with E-state index in [0.29, 0.717) is 35.9 Å². The summed E-state index contributed by atoms with van der Waals surface area (Å²) >= 11 is 6.15. The van der Waals surface area contributed by atoms with Gasteiger partial charge in [0.25, 0.3) is 10.0 Å². The van der Waals surface area contributed by atoms with Gasteiger partial charge < -0.3 is 15.0 Å². The molecule has 3 rings (SSSR count). The average molecular weight is 590 g/mol. The number of benzene rings is 3. The van der Waals surface area contributed by atoms with Crippen molar-refractivity contribution in [3.63, 3.8) is 0 Å². The Morgan fingerprint density at radius 2 is 1.70 bits per heavy atom. The normalized spacial score (nSPS) is 11.9. The summed E-state index contributed by atoms with van der Waals surface area (Å²) in [5, 5.41) is 3.25. The number of carbonyl (C=O) groups is 2. The number of nitrogens with one attached hydrogen (secondary N) is 1. The molecule has 40 heavy (non-hydrogen) atoms. The maximum Gasteiger partial charge on any atom is 0.264 e. The first-order chi connectivity index (χ1) is 19.1. The summed E-state index contributed by atoms with van der Waals surface area (Å²) in [7, 11) is -4.31. The molecular formula is C29H33ClFN3O5S. The van der Waals surface area contributed by atoms with Crippen LogP contribution in [0.4, 0.5) is 10.1 Å². The van der Waals surface area contributed by atoms with Crippen LogP contribution in [0.1, 0.15) is 32.8 Å². The van der Waals surface area contributed by atoms with Gasteiger partial charge in [-0.05, 0) is 86.5 Å². The Morgan fingerprint density at radius 1 is 1.02 bits per heavy atom. The molecule has 214 valence electrons. The largest absolute Gasteiger partial charge is 0.494 e. The molecule has 0 aromatic heterocycles. The molecule has 11 heteroatoms. The molecule has 0 saturated heterocycles. The van der Waals surface area contributed by atoms with Gasteiger partial charge in [-0.15, -0.1) is 0 Å². The summed E-state index contributed by atoms with van der Waals surface area (Å²) in [6.07, 6.45) is 0.710. The molecule has 0 fully saturated rings. The molecule has 0 aliphatic carbocycles. The van der Waals surface area contributed by atoms with E-state index in [1.165, 1.54) is 17.0 Å². The SMILES string of the molecule is CCCNC(=O)[C@H](C)N(Cc1cccc(Cl)c1)C(=O)CN(c1ccc(OCC)cc1)S(=O)(=O)c1ccc(F)cc1. The van der Waals surface area contributed by atoms with Gasteiger partial charge in [-0.3, -0.25) is 13.9 Å². The maximum atomic E-state index is 13.9. The van der Waals surface area contributed by atoms with E-state index in [-0.39, 0.29) is 23.0 Å². The number of anilines is 1. The number of carbonyl (C=O) groups excluding carboxylic acids is 2. The fourth-order valence-corrected chi connectivity index (χ4v) is 5.58. The quantitative estimate of drug-likeness (QED) is 0.302. The maximum absolute atomic E-state index is 13.9. The number of sulfonamides is 1. The highest BCUT2D eigenvalue weighted by Gasteiger charge is 2.32. The van der Waals surface area contributed by atoms with Crippen molar-refractivity contribution >= 4 is 39.1 Å². The minimum atomic E-state index is -4.31. The molecule has 0 aliphatic rings. The third-order valence-electron chi connectivity index (χ3n) is 6.07. The Balaban J connectivity index is 2.02. The van der Waals surface area contributed by atoms with Crippen LogP contribution >= 0.6 is 11.6 Å². The Kier molecular flexibility index (Phi) is 10.9. The van der Waals surface area contributed by atoms with E-state index in [0.717, 1.165) is 28.6 Å². The summed E-state index contributed by atoms with van der Waals surface area (Å²) in [5.41, 5.74) is 0.872. The summed E-state index contributed by atoms with van der Waals surface area (Å²) in [5.74, 6) is -1.05. The Hall–Kier alpha value is -3.63. The first-order valence-corrected chi connectivity index (χ1v) is 14.7. The molecule has 0 unspecified atom stereocenters. The Morgan fingerprint density at radius 3 is 2.30 bits per heavy atom. The zero-order valence-electron chi connectivity index (χ0n) is 22.6. The monoisotopic (exact) mass is 589 g/mol. The van der Waals surface area contributed by atoms with Gasteiger partial charge in [0, 0.05) is 18.1 Å². The molecule has 1 atom stereocenters. The molecule has 0 spiro atoms. The van der Waals surface area contributed by atoms with Crippen LogP contribution in [0.3, 0.4) is 0 Å². The summed E-state index contributed by atoms with van der Waals surface area (Å²) < 4.78 is 47.5. The van der Waals surface area contributed by atoms with Crippen molar-refractivity contribution in [2.45, 2.75) is 44.7 Å². The molecule has 8 nitrogen and oxygen atoms in total. The number of hydrogen-bond donors (Lipinski definition) is 1. The van der Waals surface area contributed by atoms with E-state index < -0.39 is 34.3 Å². The first kappa shape index (κ1) is 30.9. The van der Waals surface area contributed by atoms with E-state index in [1.54, 1.807) is 43.3 Å². The highest BCUT2D eigenvalue weighted by atomic mass is 35.5. The van der Waals surface area contributed by atoms with Crippen molar-refractivity contribution in [2.75, 3.05) is 24.0 Å². The van der Waals surface area contributed by atoms with Crippen LogP contribution in [-0.4, -0.2) is 50.9 Å². The lowest BCUT2D eigenvalue weighted by Crippen LogP contribution is -2.51. The topological polar surface area (TPSA) is 96.0 Å². The lowest BCUT2D eigenvalue weighted by molar-refractivity contribution is -0.139. The summed E-state index contributed by atoms with van der Waals surface area (Å²) in [6, 6.07) is 16.6. The lowest BCUT2D eigenvalue weighted by Gasteiger charge is -2.32. The second-order valence-electron chi connectivity index (χ2n) is 9.01. The van der Waals surface area contributed by atoms with E-state index in [2.05, 4.69) is 5.32 Å². The lowest BCUT2D eigenvalue weighted by atomic mass is 10.1. The van der Waals surface area contributed by atoms with Gasteiger partial charge in [0.05, 0.1) is 17.2 Å². The van der Waals surface area contributed by atoms with Gasteiger partial charge in [0.2, 0.25) is 11.8 Å². The van der Waals surface area contributed by atoms with E-state index in [4.69, 9.17) is 16.3 Å². The van der Waals surface area contributed by atoms with Crippen molar-refractivity contribution in [1.82, 2.24) is 10.2 Å². The molecule has 0 saturated carbocycles. The molecule has 2 amide bonds. The second-order valence-corrected chi connectivity index (χ2v) is 11.3. The number of ether oxygens (including phenoxy) is 1. The molecule has 3 aromatic rings. The van der Waals surface area contributed by atoms with E-state index >= 15 is 0 Å². The Bertz CT molecular complexity index is 1400. The van der Waals surface area contributed by atoms with Crippen molar-refractivity contribution < 1.29 is 27.1 Å². The number of hydrogen-bond acceptors (Lipinski definition) is 5. The van der Waals surface area contributed by atoms with Crippen LogP contribution in [0.5, 0.6) is 5.75 Å². The number of halogens is 2.